The van der Waals surface area contributed by atoms with E-state index in [1.165, 1.54) is 11.6 Å². The molecule has 0 radical (unpaired) electrons. The van der Waals surface area contributed by atoms with Crippen molar-refractivity contribution in [3.05, 3.63) is 101 Å². The number of ether oxygens (including phenoxy) is 1. The number of carbonyl (C=O) groups excluding carboxylic acids is 3. The van der Waals surface area contributed by atoms with Crippen molar-refractivity contribution >= 4 is 23.2 Å². The number of hydrogen-bond donors (Lipinski definition) is 1. The van der Waals surface area contributed by atoms with Crippen molar-refractivity contribution in [2.45, 2.75) is 31.6 Å². The third-order valence-electron chi connectivity index (χ3n) is 5.56. The maximum Gasteiger partial charge on any atom is 0.228 e. The fourth-order valence-electron chi connectivity index (χ4n) is 3.81. The van der Waals surface area contributed by atoms with E-state index in [0.717, 1.165) is 18.5 Å². The molecule has 162 valence electrons. The Labute approximate surface area is 187 Å². The number of nitrogens with one attached hydrogen (secondary N) is 1. The van der Waals surface area contributed by atoms with Gasteiger partial charge in [0.2, 0.25) is 11.7 Å². The van der Waals surface area contributed by atoms with Gasteiger partial charge in [-0.2, -0.15) is 0 Å². The highest BCUT2D eigenvalue weighted by Gasteiger charge is 2.26. The van der Waals surface area contributed by atoms with Crippen molar-refractivity contribution in [2.24, 2.45) is 0 Å². The van der Waals surface area contributed by atoms with Crippen molar-refractivity contribution in [3.8, 4) is 0 Å². The van der Waals surface area contributed by atoms with Gasteiger partial charge >= 0.3 is 0 Å². The summed E-state index contributed by atoms with van der Waals surface area (Å²) >= 11 is 0. The molecule has 5 nitrogen and oxygen atoms in total. The van der Waals surface area contributed by atoms with Crippen LogP contribution in [-0.2, 0) is 9.53 Å². The van der Waals surface area contributed by atoms with Crippen LogP contribution in [0.1, 0.15) is 57.9 Å². The maximum atomic E-state index is 12.4. The highest BCUT2D eigenvalue weighted by molar-refractivity contribution is 6.23. The normalized spacial score (nSPS) is 14.9. The third kappa shape index (κ3) is 5.11. The summed E-state index contributed by atoms with van der Waals surface area (Å²) in [5.74, 6) is -0.0821. The van der Waals surface area contributed by atoms with Gasteiger partial charge in [-0.15, -0.1) is 0 Å². The summed E-state index contributed by atoms with van der Waals surface area (Å²) in [5, 5.41) is 2.92. The number of allylic oxidation sites excluding steroid dienone is 6. The van der Waals surface area contributed by atoms with Crippen LogP contribution in [0.4, 0.5) is 5.69 Å². The molecule has 0 heterocycles. The van der Waals surface area contributed by atoms with Crippen LogP contribution in [0.15, 0.2) is 84.7 Å². The predicted octanol–water partition coefficient (Wildman–Crippen LogP) is 5.37. The zero-order chi connectivity index (χ0) is 22.3. The summed E-state index contributed by atoms with van der Waals surface area (Å²) in [7, 11) is 0. The quantitative estimate of drug-likeness (QED) is 0.546. The SMILES string of the molecule is O=C(CCCCCOC1=CC(=O)c2ccccc2C1=O)Nc1ccc(C2C=CC=C2)cc1. The number of ketones is 2. The van der Waals surface area contributed by atoms with E-state index in [2.05, 4.69) is 17.5 Å². The standard InChI is InChI=1S/C27H25NO4/c29-24-18-25(27(31)23-11-6-5-10-22(23)24)32-17-7-1-2-12-26(30)28-21-15-13-20(14-16-21)19-8-3-4-9-19/h3-6,8-11,13-16,18-19H,1-2,7,12,17H2,(H,28,30). The molecule has 1 N–H and O–H groups in total. The van der Waals surface area contributed by atoms with Crippen LogP contribution in [0.2, 0.25) is 0 Å². The first kappa shape index (κ1) is 21.5. The monoisotopic (exact) mass is 427 g/mol. The average molecular weight is 428 g/mol. The second kappa shape index (κ2) is 10.1. The molecule has 4 rings (SSSR count). The number of rotatable bonds is 9. The van der Waals surface area contributed by atoms with Gasteiger partial charge in [0.25, 0.3) is 0 Å². The Morgan fingerprint density at radius 1 is 0.875 bits per heavy atom. The van der Waals surface area contributed by atoms with Gasteiger partial charge in [0.1, 0.15) is 0 Å². The topological polar surface area (TPSA) is 72.5 Å². The van der Waals surface area contributed by atoms with Gasteiger partial charge in [0, 0.05) is 35.2 Å². The van der Waals surface area contributed by atoms with Crippen LogP contribution in [0.5, 0.6) is 0 Å². The lowest BCUT2D eigenvalue weighted by atomic mass is 9.94. The summed E-state index contributed by atoms with van der Waals surface area (Å²) in [4.78, 5) is 36.7. The van der Waals surface area contributed by atoms with Gasteiger partial charge < -0.3 is 10.1 Å². The molecule has 0 spiro atoms. The van der Waals surface area contributed by atoms with Gasteiger partial charge in [0.05, 0.1) is 6.61 Å². The van der Waals surface area contributed by atoms with E-state index in [0.29, 0.717) is 36.5 Å². The van der Waals surface area contributed by atoms with E-state index in [9.17, 15) is 14.4 Å². The predicted molar refractivity (Wildman–Crippen MR) is 124 cm³/mol. The largest absolute Gasteiger partial charge is 0.489 e. The van der Waals surface area contributed by atoms with E-state index >= 15 is 0 Å². The van der Waals surface area contributed by atoms with Gasteiger partial charge in [-0.3, -0.25) is 14.4 Å². The van der Waals surface area contributed by atoms with Crippen LogP contribution < -0.4 is 5.32 Å². The lowest BCUT2D eigenvalue weighted by Gasteiger charge is -2.15. The Bertz CT molecular complexity index is 1100. The maximum absolute atomic E-state index is 12.4. The number of anilines is 1. The minimum Gasteiger partial charge on any atom is -0.489 e. The molecular formula is C27H25NO4. The van der Waals surface area contributed by atoms with Crippen LogP contribution >= 0.6 is 0 Å². The van der Waals surface area contributed by atoms with Gasteiger partial charge in [-0.25, -0.2) is 0 Å². The molecule has 2 aromatic rings. The first-order valence-corrected chi connectivity index (χ1v) is 10.9. The first-order chi connectivity index (χ1) is 15.6. The van der Waals surface area contributed by atoms with Crippen molar-refractivity contribution in [3.63, 3.8) is 0 Å². The fraction of sp³-hybridized carbons (Fsp3) is 0.222. The zero-order valence-electron chi connectivity index (χ0n) is 17.8. The van der Waals surface area contributed by atoms with E-state index in [-0.39, 0.29) is 23.2 Å². The Morgan fingerprint density at radius 2 is 1.59 bits per heavy atom. The van der Waals surface area contributed by atoms with Gasteiger partial charge in [0.15, 0.2) is 11.5 Å². The first-order valence-electron chi connectivity index (χ1n) is 10.9. The van der Waals surface area contributed by atoms with Crippen molar-refractivity contribution in [1.29, 1.82) is 0 Å². The van der Waals surface area contributed by atoms with Crippen molar-refractivity contribution < 1.29 is 19.1 Å². The molecule has 32 heavy (non-hydrogen) atoms. The summed E-state index contributed by atoms with van der Waals surface area (Å²) in [5.41, 5.74) is 2.79. The van der Waals surface area contributed by atoms with Crippen LogP contribution in [0, 0.1) is 0 Å². The smallest absolute Gasteiger partial charge is 0.228 e. The van der Waals surface area contributed by atoms with Crippen LogP contribution in [0.25, 0.3) is 0 Å². The molecular weight excluding hydrogens is 402 g/mol. The van der Waals surface area contributed by atoms with Crippen molar-refractivity contribution in [2.75, 3.05) is 11.9 Å². The molecule has 0 aliphatic heterocycles. The Balaban J connectivity index is 1.14. The lowest BCUT2D eigenvalue weighted by Crippen LogP contribution is -2.18. The Hall–Kier alpha value is -3.73. The molecule has 0 saturated heterocycles. The lowest BCUT2D eigenvalue weighted by molar-refractivity contribution is -0.116. The van der Waals surface area contributed by atoms with Crippen LogP contribution in [-0.4, -0.2) is 24.1 Å². The number of unbranched alkanes of at least 4 members (excludes halogenated alkanes) is 2. The van der Waals surface area contributed by atoms with Gasteiger partial charge in [-0.1, -0.05) is 60.7 Å². The number of benzene rings is 2. The molecule has 0 saturated carbocycles. The summed E-state index contributed by atoms with van der Waals surface area (Å²) < 4.78 is 5.56. The van der Waals surface area contributed by atoms with E-state index in [1.807, 2.05) is 36.4 Å². The van der Waals surface area contributed by atoms with E-state index in [4.69, 9.17) is 4.74 Å². The molecule has 0 bridgehead atoms. The van der Waals surface area contributed by atoms with Crippen molar-refractivity contribution in [1.82, 2.24) is 0 Å². The number of fused-ring (bicyclic) bond motifs is 1. The minimum absolute atomic E-state index is 0.0216. The molecule has 0 atom stereocenters. The minimum atomic E-state index is -0.259. The molecule has 0 unspecified atom stereocenters. The zero-order valence-corrected chi connectivity index (χ0v) is 17.8. The highest BCUT2D eigenvalue weighted by Crippen LogP contribution is 2.24. The summed E-state index contributed by atoms with van der Waals surface area (Å²) in [6.45, 7) is 0.333. The Morgan fingerprint density at radius 3 is 2.34 bits per heavy atom. The highest BCUT2D eigenvalue weighted by atomic mass is 16.5. The number of Topliss-reactive ketones (excluding diaryl/α,β-unsaturated/α-hetero) is 1. The number of amides is 1. The number of carbonyl (C=O) groups is 3. The fourth-order valence-corrected chi connectivity index (χ4v) is 3.81. The average Bonchev–Trinajstić information content (AvgIpc) is 3.35. The second-order valence-electron chi connectivity index (χ2n) is 7.87. The summed E-state index contributed by atoms with van der Waals surface area (Å²) in [6, 6.07) is 14.7. The summed E-state index contributed by atoms with van der Waals surface area (Å²) in [6.07, 6.45) is 12.2. The Kier molecular flexibility index (Phi) is 6.75. The van der Waals surface area contributed by atoms with E-state index < -0.39 is 0 Å². The van der Waals surface area contributed by atoms with Gasteiger partial charge in [-0.05, 0) is 37.0 Å². The molecule has 2 aliphatic rings. The third-order valence-corrected chi connectivity index (χ3v) is 5.56. The molecule has 2 aromatic carbocycles. The number of hydrogen-bond acceptors (Lipinski definition) is 4. The molecule has 2 aliphatic carbocycles. The molecule has 0 aromatic heterocycles. The van der Waals surface area contributed by atoms with Crippen LogP contribution in [0.3, 0.4) is 0 Å². The van der Waals surface area contributed by atoms with E-state index in [1.54, 1.807) is 24.3 Å². The second-order valence-corrected chi connectivity index (χ2v) is 7.87. The molecule has 0 fully saturated rings. The molecule has 1 amide bonds. The molecule has 5 heteroatoms.